The van der Waals surface area contributed by atoms with E-state index >= 15 is 0 Å². The van der Waals surface area contributed by atoms with E-state index < -0.39 is 6.04 Å². The summed E-state index contributed by atoms with van der Waals surface area (Å²) < 4.78 is 0. The Kier molecular flexibility index (Phi) is 4.76. The molecule has 3 rings (SSSR count). The van der Waals surface area contributed by atoms with Gasteiger partial charge in [-0.1, -0.05) is 6.07 Å². The lowest BCUT2D eigenvalue weighted by molar-refractivity contribution is -0.120. The zero-order valence-electron chi connectivity index (χ0n) is 12.0. The average Bonchev–Trinajstić information content (AvgIpc) is 3.25. The Morgan fingerprint density at radius 1 is 1.35 bits per heavy atom. The van der Waals surface area contributed by atoms with Crippen LogP contribution in [0.4, 0.5) is 0 Å². The number of amides is 1. The third-order valence-corrected chi connectivity index (χ3v) is 4.70. The Morgan fingerprint density at radius 2 is 2.26 bits per heavy atom. The summed E-state index contributed by atoms with van der Waals surface area (Å²) in [6.07, 6.45) is 1.85. The summed E-state index contributed by atoms with van der Waals surface area (Å²) >= 11 is 2.95. The fourth-order valence-electron chi connectivity index (χ4n) is 2.00. The predicted octanol–water partition coefficient (Wildman–Crippen LogP) is 3.19. The monoisotopic (exact) mass is 340 g/mol. The van der Waals surface area contributed by atoms with Gasteiger partial charge in [0.2, 0.25) is 5.91 Å². The molecular formula is C16H12N4OS2. The molecule has 3 aromatic rings. The van der Waals surface area contributed by atoms with Crippen LogP contribution in [0.3, 0.4) is 0 Å². The van der Waals surface area contributed by atoms with Crippen LogP contribution in [-0.4, -0.2) is 15.9 Å². The second-order valence-electron chi connectivity index (χ2n) is 4.72. The van der Waals surface area contributed by atoms with Crippen LogP contribution < -0.4 is 5.32 Å². The highest BCUT2D eigenvalue weighted by atomic mass is 32.1. The first-order valence-electron chi connectivity index (χ1n) is 6.83. The van der Waals surface area contributed by atoms with E-state index in [0.29, 0.717) is 5.69 Å². The molecule has 0 aliphatic carbocycles. The number of carbonyl (C=O) groups excluding carboxylic acids is 1. The molecule has 1 amide bonds. The summed E-state index contributed by atoms with van der Waals surface area (Å²) in [6.45, 7) is 0. The number of nitrogens with zero attached hydrogens (tertiary/aromatic N) is 3. The van der Waals surface area contributed by atoms with E-state index in [1.807, 2.05) is 40.4 Å². The van der Waals surface area contributed by atoms with Crippen molar-refractivity contribution in [3.8, 4) is 16.8 Å². The number of hydrogen-bond donors (Lipinski definition) is 1. The van der Waals surface area contributed by atoms with Crippen LogP contribution in [0.1, 0.15) is 17.3 Å². The Bertz CT molecular complexity index is 821. The van der Waals surface area contributed by atoms with E-state index in [9.17, 15) is 10.1 Å². The van der Waals surface area contributed by atoms with E-state index in [1.54, 1.807) is 6.20 Å². The summed E-state index contributed by atoms with van der Waals surface area (Å²) in [4.78, 5) is 20.8. The highest BCUT2D eigenvalue weighted by molar-refractivity contribution is 7.13. The molecule has 0 unspecified atom stereocenters. The topological polar surface area (TPSA) is 78.7 Å². The molecule has 0 aliphatic heterocycles. The van der Waals surface area contributed by atoms with E-state index in [0.717, 1.165) is 16.3 Å². The van der Waals surface area contributed by atoms with Gasteiger partial charge in [-0.25, -0.2) is 4.98 Å². The summed E-state index contributed by atoms with van der Waals surface area (Å²) in [5.74, 6) is -0.222. The van der Waals surface area contributed by atoms with E-state index in [-0.39, 0.29) is 12.3 Å². The van der Waals surface area contributed by atoms with Crippen LogP contribution in [0.25, 0.3) is 10.7 Å². The zero-order valence-corrected chi connectivity index (χ0v) is 13.6. The van der Waals surface area contributed by atoms with Crippen molar-refractivity contribution in [1.29, 1.82) is 5.26 Å². The average molecular weight is 340 g/mol. The maximum atomic E-state index is 12.1. The van der Waals surface area contributed by atoms with Crippen molar-refractivity contribution in [3.63, 3.8) is 0 Å². The molecule has 3 heterocycles. The van der Waals surface area contributed by atoms with Gasteiger partial charge in [-0.15, -0.1) is 11.3 Å². The van der Waals surface area contributed by atoms with Crippen molar-refractivity contribution < 1.29 is 4.79 Å². The van der Waals surface area contributed by atoms with Crippen LogP contribution in [0.15, 0.2) is 46.6 Å². The van der Waals surface area contributed by atoms with Crippen LogP contribution in [0.2, 0.25) is 0 Å². The quantitative estimate of drug-likeness (QED) is 0.773. The lowest BCUT2D eigenvalue weighted by atomic mass is 10.1. The molecule has 0 aromatic carbocycles. The van der Waals surface area contributed by atoms with Gasteiger partial charge < -0.3 is 5.32 Å². The van der Waals surface area contributed by atoms with Gasteiger partial charge in [0.15, 0.2) is 0 Å². The summed E-state index contributed by atoms with van der Waals surface area (Å²) in [6, 6.07) is 8.93. The number of carbonyl (C=O) groups is 1. The molecule has 1 N–H and O–H groups in total. The number of pyridine rings is 1. The van der Waals surface area contributed by atoms with Crippen LogP contribution in [0, 0.1) is 11.3 Å². The lowest BCUT2D eigenvalue weighted by Crippen LogP contribution is -2.28. The number of nitriles is 1. The maximum Gasteiger partial charge on any atom is 0.227 e. The first-order chi connectivity index (χ1) is 11.3. The standard InChI is InChI=1S/C16H12N4OS2/c17-8-14(11-4-6-22-9-11)20-15(21)7-12-10-23-16(19-12)13-3-1-2-5-18-13/h1-6,9-10,14H,7H2,(H,20,21)/t14-/m1/s1. The number of aromatic nitrogens is 2. The Hall–Kier alpha value is -2.56. The molecular weight excluding hydrogens is 328 g/mol. The molecule has 0 bridgehead atoms. The second kappa shape index (κ2) is 7.13. The number of rotatable bonds is 5. The van der Waals surface area contributed by atoms with Gasteiger partial charge in [-0.2, -0.15) is 16.6 Å². The molecule has 0 aliphatic rings. The molecule has 0 fully saturated rings. The lowest BCUT2D eigenvalue weighted by Gasteiger charge is -2.09. The molecule has 1 atom stereocenters. The molecule has 0 saturated carbocycles. The summed E-state index contributed by atoms with van der Waals surface area (Å²) in [5.41, 5.74) is 2.27. The molecule has 114 valence electrons. The third kappa shape index (κ3) is 3.80. The second-order valence-corrected chi connectivity index (χ2v) is 6.36. The minimum Gasteiger partial charge on any atom is -0.336 e. The highest BCUT2D eigenvalue weighted by Gasteiger charge is 2.16. The van der Waals surface area contributed by atoms with Gasteiger partial charge in [-0.3, -0.25) is 9.78 Å². The fourth-order valence-corrected chi connectivity index (χ4v) is 3.48. The Labute approximate surface area is 141 Å². The third-order valence-electron chi connectivity index (χ3n) is 3.09. The van der Waals surface area contributed by atoms with Gasteiger partial charge in [0.05, 0.1) is 23.9 Å². The molecule has 0 spiro atoms. The van der Waals surface area contributed by atoms with E-state index in [4.69, 9.17) is 0 Å². The number of hydrogen-bond acceptors (Lipinski definition) is 6. The van der Waals surface area contributed by atoms with Gasteiger partial charge in [0, 0.05) is 11.6 Å². The van der Waals surface area contributed by atoms with E-state index in [1.165, 1.54) is 22.7 Å². The molecule has 3 aromatic heterocycles. The Balaban J connectivity index is 1.65. The van der Waals surface area contributed by atoms with Crippen LogP contribution in [0.5, 0.6) is 0 Å². The smallest absolute Gasteiger partial charge is 0.227 e. The molecule has 5 nitrogen and oxygen atoms in total. The fraction of sp³-hybridized carbons (Fsp3) is 0.125. The van der Waals surface area contributed by atoms with Crippen molar-refractivity contribution in [1.82, 2.24) is 15.3 Å². The molecule has 7 heteroatoms. The normalized spacial score (nSPS) is 11.6. The van der Waals surface area contributed by atoms with Crippen molar-refractivity contribution in [2.24, 2.45) is 0 Å². The van der Waals surface area contributed by atoms with Gasteiger partial charge >= 0.3 is 0 Å². The SMILES string of the molecule is N#C[C@@H](NC(=O)Cc1csc(-c2ccccn2)n1)c1ccsc1. The van der Waals surface area contributed by atoms with Crippen LogP contribution in [-0.2, 0) is 11.2 Å². The minimum absolute atomic E-state index is 0.144. The number of thiazole rings is 1. The summed E-state index contributed by atoms with van der Waals surface area (Å²) in [7, 11) is 0. The molecule has 0 saturated heterocycles. The highest BCUT2D eigenvalue weighted by Crippen LogP contribution is 2.22. The zero-order chi connectivity index (χ0) is 16.1. The molecule has 23 heavy (non-hydrogen) atoms. The molecule has 0 radical (unpaired) electrons. The maximum absolute atomic E-state index is 12.1. The van der Waals surface area contributed by atoms with Gasteiger partial charge in [0.25, 0.3) is 0 Å². The predicted molar refractivity (Wildman–Crippen MR) is 89.9 cm³/mol. The van der Waals surface area contributed by atoms with Crippen molar-refractivity contribution >= 4 is 28.6 Å². The first kappa shape index (κ1) is 15.3. The Morgan fingerprint density at radius 3 is 2.96 bits per heavy atom. The van der Waals surface area contributed by atoms with Crippen molar-refractivity contribution in [3.05, 3.63) is 57.9 Å². The first-order valence-corrected chi connectivity index (χ1v) is 8.65. The van der Waals surface area contributed by atoms with Crippen molar-refractivity contribution in [2.45, 2.75) is 12.5 Å². The van der Waals surface area contributed by atoms with Gasteiger partial charge in [-0.05, 0) is 34.5 Å². The largest absolute Gasteiger partial charge is 0.336 e. The minimum atomic E-state index is -0.623. The number of nitrogens with one attached hydrogen (secondary N) is 1. The van der Waals surface area contributed by atoms with Crippen LogP contribution >= 0.6 is 22.7 Å². The summed E-state index contributed by atoms with van der Waals surface area (Å²) in [5, 5.41) is 18.3. The van der Waals surface area contributed by atoms with E-state index in [2.05, 4.69) is 21.4 Å². The number of thiophene rings is 1. The van der Waals surface area contributed by atoms with Crippen molar-refractivity contribution in [2.75, 3.05) is 0 Å². The van der Waals surface area contributed by atoms with Gasteiger partial charge in [0.1, 0.15) is 11.0 Å².